The van der Waals surface area contributed by atoms with E-state index >= 15 is 0 Å². The van der Waals surface area contributed by atoms with Gasteiger partial charge < -0.3 is 15.5 Å². The van der Waals surface area contributed by atoms with Crippen molar-refractivity contribution in [3.63, 3.8) is 0 Å². The van der Waals surface area contributed by atoms with Gasteiger partial charge in [-0.15, -0.1) is 0 Å². The maximum absolute atomic E-state index is 13.2. The molecule has 1 amide bonds. The van der Waals surface area contributed by atoms with Crippen LogP contribution in [0, 0.1) is 18.7 Å². The summed E-state index contributed by atoms with van der Waals surface area (Å²) in [5, 5.41) is 6.35. The Morgan fingerprint density at radius 1 is 1.21 bits per heavy atom. The standard InChI is InChI=1S/C21H27ClFN5O/c1-13-10-19(28(2)3)27-21(25-13)26-16-7-4-14(5-8-16)12-24-20(29)15-6-9-18(23)17(22)11-15/h6,9-11,14,16H,4-5,7-8,12H2,1-3H3,(H,24,29)(H,25,26,27)/t14-,16+. The van der Waals surface area contributed by atoms with Crippen molar-refractivity contribution in [3.05, 3.63) is 46.4 Å². The number of nitrogens with zero attached hydrogens (tertiary/aromatic N) is 3. The minimum atomic E-state index is -0.524. The van der Waals surface area contributed by atoms with E-state index in [2.05, 4.69) is 20.6 Å². The quantitative estimate of drug-likeness (QED) is 0.739. The summed E-state index contributed by atoms with van der Waals surface area (Å²) in [6.45, 7) is 2.57. The van der Waals surface area contributed by atoms with E-state index in [0.29, 0.717) is 30.0 Å². The van der Waals surface area contributed by atoms with Gasteiger partial charge in [0.25, 0.3) is 5.91 Å². The maximum Gasteiger partial charge on any atom is 0.251 e. The number of hydrogen-bond donors (Lipinski definition) is 2. The summed E-state index contributed by atoms with van der Waals surface area (Å²) in [6, 6.07) is 6.30. The molecule has 1 aromatic carbocycles. The molecule has 1 aliphatic rings. The van der Waals surface area contributed by atoms with Gasteiger partial charge in [0, 0.05) is 44.0 Å². The molecule has 1 aliphatic carbocycles. The summed E-state index contributed by atoms with van der Waals surface area (Å²) >= 11 is 5.75. The fourth-order valence-corrected chi connectivity index (χ4v) is 3.70. The molecule has 0 aliphatic heterocycles. The third-order valence-electron chi connectivity index (χ3n) is 5.21. The Bertz CT molecular complexity index is 868. The van der Waals surface area contributed by atoms with E-state index in [1.54, 1.807) is 0 Å². The van der Waals surface area contributed by atoms with E-state index in [0.717, 1.165) is 37.2 Å². The molecule has 0 saturated heterocycles. The van der Waals surface area contributed by atoms with E-state index in [1.807, 2.05) is 32.0 Å². The molecule has 1 saturated carbocycles. The van der Waals surface area contributed by atoms with E-state index in [9.17, 15) is 9.18 Å². The largest absolute Gasteiger partial charge is 0.363 e. The molecule has 156 valence electrons. The number of anilines is 2. The summed E-state index contributed by atoms with van der Waals surface area (Å²) in [7, 11) is 3.93. The number of amides is 1. The molecule has 29 heavy (non-hydrogen) atoms. The normalized spacial score (nSPS) is 18.9. The van der Waals surface area contributed by atoms with Crippen molar-refractivity contribution < 1.29 is 9.18 Å². The first-order valence-corrected chi connectivity index (χ1v) is 10.2. The first kappa shape index (κ1) is 21.3. The maximum atomic E-state index is 13.2. The molecule has 3 rings (SSSR count). The van der Waals surface area contributed by atoms with Crippen molar-refractivity contribution in [1.29, 1.82) is 0 Å². The molecule has 8 heteroatoms. The van der Waals surface area contributed by atoms with Gasteiger partial charge in [-0.2, -0.15) is 4.98 Å². The minimum Gasteiger partial charge on any atom is -0.363 e. The number of halogens is 2. The highest BCUT2D eigenvalue weighted by Gasteiger charge is 2.22. The van der Waals surface area contributed by atoms with Crippen molar-refractivity contribution in [3.8, 4) is 0 Å². The van der Waals surface area contributed by atoms with Crippen LogP contribution < -0.4 is 15.5 Å². The van der Waals surface area contributed by atoms with Gasteiger partial charge in [0.2, 0.25) is 5.95 Å². The molecule has 1 aromatic heterocycles. The number of nitrogens with one attached hydrogen (secondary N) is 2. The van der Waals surface area contributed by atoms with Crippen LogP contribution in [0.1, 0.15) is 41.7 Å². The van der Waals surface area contributed by atoms with Gasteiger partial charge in [-0.25, -0.2) is 9.37 Å². The average molecular weight is 420 g/mol. The lowest BCUT2D eigenvalue weighted by Gasteiger charge is -2.29. The first-order valence-electron chi connectivity index (χ1n) is 9.84. The predicted molar refractivity (Wildman–Crippen MR) is 114 cm³/mol. The van der Waals surface area contributed by atoms with Gasteiger partial charge in [0.15, 0.2) is 0 Å². The van der Waals surface area contributed by atoms with Gasteiger partial charge in [0.05, 0.1) is 5.02 Å². The molecule has 0 spiro atoms. The summed E-state index contributed by atoms with van der Waals surface area (Å²) in [5.41, 5.74) is 1.31. The predicted octanol–water partition coefficient (Wildman–Crippen LogP) is 4.04. The monoisotopic (exact) mass is 419 g/mol. The second-order valence-corrected chi connectivity index (χ2v) is 8.19. The molecular weight excluding hydrogens is 393 g/mol. The van der Waals surface area contributed by atoms with Crippen LogP contribution in [-0.2, 0) is 0 Å². The Kier molecular flexibility index (Phi) is 6.90. The Labute approximate surface area is 175 Å². The van der Waals surface area contributed by atoms with Crippen molar-refractivity contribution in [1.82, 2.24) is 15.3 Å². The number of carbonyl (C=O) groups is 1. The molecule has 2 aromatic rings. The van der Waals surface area contributed by atoms with E-state index in [1.165, 1.54) is 18.2 Å². The van der Waals surface area contributed by atoms with Crippen molar-refractivity contribution in [2.45, 2.75) is 38.6 Å². The lowest BCUT2D eigenvalue weighted by Crippen LogP contribution is -2.34. The van der Waals surface area contributed by atoms with Gasteiger partial charge >= 0.3 is 0 Å². The Morgan fingerprint density at radius 3 is 2.59 bits per heavy atom. The third-order valence-corrected chi connectivity index (χ3v) is 5.50. The van der Waals surface area contributed by atoms with Crippen LogP contribution in [0.2, 0.25) is 5.02 Å². The SMILES string of the molecule is Cc1cc(N(C)C)nc(N[C@H]2CC[C@@H](CNC(=O)c3ccc(F)c(Cl)c3)CC2)n1. The minimum absolute atomic E-state index is 0.0416. The lowest BCUT2D eigenvalue weighted by molar-refractivity contribution is 0.0943. The van der Waals surface area contributed by atoms with Crippen LogP contribution >= 0.6 is 11.6 Å². The summed E-state index contributed by atoms with van der Waals surface area (Å²) in [4.78, 5) is 23.3. The number of hydrogen-bond acceptors (Lipinski definition) is 5. The number of aryl methyl sites for hydroxylation is 1. The molecule has 0 atom stereocenters. The van der Waals surface area contributed by atoms with Crippen LogP contribution in [0.5, 0.6) is 0 Å². The van der Waals surface area contributed by atoms with Crippen LogP contribution in [0.3, 0.4) is 0 Å². The zero-order valence-corrected chi connectivity index (χ0v) is 17.8. The van der Waals surface area contributed by atoms with Crippen LogP contribution in [0.4, 0.5) is 16.2 Å². The van der Waals surface area contributed by atoms with Crippen molar-refractivity contribution >= 4 is 29.3 Å². The van der Waals surface area contributed by atoms with Crippen LogP contribution in [-0.4, -0.2) is 42.6 Å². The zero-order valence-electron chi connectivity index (χ0n) is 17.0. The first-order chi connectivity index (χ1) is 13.8. The highest BCUT2D eigenvalue weighted by Crippen LogP contribution is 2.26. The smallest absolute Gasteiger partial charge is 0.251 e. The Morgan fingerprint density at radius 2 is 1.93 bits per heavy atom. The fraction of sp³-hybridized carbons (Fsp3) is 0.476. The molecule has 6 nitrogen and oxygen atoms in total. The molecule has 2 N–H and O–H groups in total. The second kappa shape index (κ2) is 9.39. The van der Waals surface area contributed by atoms with Crippen molar-refractivity contribution in [2.24, 2.45) is 5.92 Å². The number of rotatable bonds is 6. The van der Waals surface area contributed by atoms with Gasteiger partial charge in [0.1, 0.15) is 11.6 Å². The summed E-state index contributed by atoms with van der Waals surface area (Å²) < 4.78 is 13.2. The molecular formula is C21H27ClFN5O. The van der Waals surface area contributed by atoms with Crippen LogP contribution in [0.15, 0.2) is 24.3 Å². The second-order valence-electron chi connectivity index (χ2n) is 7.79. The summed E-state index contributed by atoms with van der Waals surface area (Å²) in [6.07, 6.45) is 4.01. The van der Waals surface area contributed by atoms with Gasteiger partial charge in [-0.3, -0.25) is 4.79 Å². The fourth-order valence-electron chi connectivity index (χ4n) is 3.52. The molecule has 0 bridgehead atoms. The van der Waals surface area contributed by atoms with Gasteiger partial charge in [-0.05, 0) is 56.7 Å². The third kappa shape index (κ3) is 5.79. The number of carbonyl (C=O) groups excluding carboxylic acids is 1. The average Bonchev–Trinajstić information content (AvgIpc) is 2.69. The van der Waals surface area contributed by atoms with Crippen molar-refractivity contribution in [2.75, 3.05) is 30.9 Å². The molecule has 1 fully saturated rings. The topological polar surface area (TPSA) is 70.2 Å². The van der Waals surface area contributed by atoms with E-state index < -0.39 is 5.82 Å². The summed E-state index contributed by atoms with van der Waals surface area (Å²) in [5.74, 6) is 1.22. The lowest BCUT2D eigenvalue weighted by atomic mass is 9.86. The van der Waals surface area contributed by atoms with Gasteiger partial charge in [-0.1, -0.05) is 11.6 Å². The molecule has 0 radical (unpaired) electrons. The Balaban J connectivity index is 1.47. The highest BCUT2D eigenvalue weighted by molar-refractivity contribution is 6.31. The van der Waals surface area contributed by atoms with Crippen LogP contribution in [0.25, 0.3) is 0 Å². The number of benzene rings is 1. The molecule has 0 unspecified atom stereocenters. The highest BCUT2D eigenvalue weighted by atomic mass is 35.5. The Hall–Kier alpha value is -2.41. The zero-order chi connectivity index (χ0) is 21.0. The van der Waals surface area contributed by atoms with E-state index in [4.69, 9.17) is 11.6 Å². The number of aromatic nitrogens is 2. The molecule has 1 heterocycles. The van der Waals surface area contributed by atoms with E-state index in [-0.39, 0.29) is 10.9 Å².